The molecule has 0 aromatic carbocycles. The first kappa shape index (κ1) is 18.1. The van der Waals surface area contributed by atoms with E-state index in [-0.39, 0.29) is 21.6 Å². The highest BCUT2D eigenvalue weighted by molar-refractivity contribution is 6.48. The number of carbonyl (C=O) groups excluding carboxylic acids is 2. The maximum Gasteiger partial charge on any atom is 0.296 e. The predicted molar refractivity (Wildman–Crippen MR) is 102 cm³/mol. The van der Waals surface area contributed by atoms with Crippen LogP contribution in [-0.4, -0.2) is 26.2 Å². The Bertz CT molecular complexity index is 1020. The molecule has 0 radical (unpaired) electrons. The van der Waals surface area contributed by atoms with Gasteiger partial charge in [-0.2, -0.15) is 0 Å². The van der Waals surface area contributed by atoms with Gasteiger partial charge in [-0.05, 0) is 31.2 Å². The number of rotatable bonds is 5. The normalized spacial score (nSPS) is 10.7. The third-order valence-corrected chi connectivity index (χ3v) is 3.93. The molecule has 1 N–H and O–H groups in total. The average molecular weight is 389 g/mol. The quantitative estimate of drug-likeness (QED) is 0.308. The monoisotopic (exact) mass is 388 g/mol. The van der Waals surface area contributed by atoms with E-state index in [0.717, 1.165) is 5.57 Å². The van der Waals surface area contributed by atoms with Crippen molar-refractivity contribution in [2.24, 2.45) is 0 Å². The smallest absolute Gasteiger partial charge is 0.296 e. The van der Waals surface area contributed by atoms with Gasteiger partial charge in [-0.3, -0.25) is 9.59 Å². The van der Waals surface area contributed by atoms with Gasteiger partial charge in [0.05, 0.1) is 5.56 Å². The fourth-order valence-electron chi connectivity index (χ4n) is 2.56. The molecule has 0 saturated carbocycles. The van der Waals surface area contributed by atoms with Gasteiger partial charge in [0.15, 0.2) is 0 Å². The number of hydrogen-bond donors (Lipinski definition) is 1. The van der Waals surface area contributed by atoms with Crippen molar-refractivity contribution in [3.8, 4) is 0 Å². The molecule has 0 unspecified atom stereocenters. The molecule has 132 valence electrons. The molecule has 0 aliphatic carbocycles. The summed E-state index contributed by atoms with van der Waals surface area (Å²) >= 11 is 11.6. The van der Waals surface area contributed by atoms with E-state index in [0.29, 0.717) is 17.6 Å². The molecular weight excluding hydrogens is 375 g/mol. The second kappa shape index (κ2) is 7.27. The number of ketones is 1. The topological polar surface area (TPSA) is 76.9 Å². The van der Waals surface area contributed by atoms with Gasteiger partial charge < -0.3 is 9.88 Å². The Morgan fingerprint density at radius 3 is 2.62 bits per heavy atom. The molecule has 0 spiro atoms. The van der Waals surface area contributed by atoms with Gasteiger partial charge in [-0.15, -0.1) is 0 Å². The number of carbonyl (C=O) groups is 2. The molecule has 0 bridgehead atoms. The third kappa shape index (κ3) is 3.76. The molecule has 3 rings (SSSR count). The van der Waals surface area contributed by atoms with Gasteiger partial charge in [0.1, 0.15) is 16.0 Å². The molecule has 0 atom stereocenters. The van der Waals surface area contributed by atoms with Crippen molar-refractivity contribution in [3.05, 3.63) is 64.7 Å². The number of hydrogen-bond acceptors (Lipinski definition) is 4. The lowest BCUT2D eigenvalue weighted by Gasteiger charge is -2.05. The van der Waals surface area contributed by atoms with Gasteiger partial charge in [-0.1, -0.05) is 35.4 Å². The molecule has 3 aromatic rings. The Balaban J connectivity index is 1.94. The van der Waals surface area contributed by atoms with Crippen molar-refractivity contribution in [3.63, 3.8) is 0 Å². The second-order valence-corrected chi connectivity index (χ2v) is 6.56. The van der Waals surface area contributed by atoms with Crippen LogP contribution in [0.2, 0.25) is 10.3 Å². The Morgan fingerprint density at radius 2 is 1.96 bits per heavy atom. The molecule has 0 aliphatic rings. The molecule has 0 aliphatic heterocycles. The highest BCUT2D eigenvalue weighted by Crippen LogP contribution is 2.22. The van der Waals surface area contributed by atoms with E-state index in [1.165, 1.54) is 12.1 Å². The van der Waals surface area contributed by atoms with Crippen LogP contribution in [0.15, 0.2) is 48.8 Å². The van der Waals surface area contributed by atoms with Gasteiger partial charge in [0, 0.05) is 30.0 Å². The van der Waals surface area contributed by atoms with Crippen LogP contribution in [-0.2, 0) is 11.3 Å². The Morgan fingerprint density at radius 1 is 1.27 bits per heavy atom. The zero-order valence-electron chi connectivity index (χ0n) is 13.8. The summed E-state index contributed by atoms with van der Waals surface area (Å²) in [5, 5.41) is 3.32. The largest absolute Gasteiger partial charge is 0.328 e. The summed E-state index contributed by atoms with van der Waals surface area (Å²) in [6.07, 6.45) is 3.24. The first-order chi connectivity index (χ1) is 12.3. The van der Waals surface area contributed by atoms with Crippen LogP contribution in [0.4, 0.5) is 5.69 Å². The van der Waals surface area contributed by atoms with Gasteiger partial charge in [0.2, 0.25) is 0 Å². The molecule has 0 fully saturated rings. The average Bonchev–Trinajstić information content (AvgIpc) is 2.91. The number of anilines is 1. The summed E-state index contributed by atoms with van der Waals surface area (Å²) in [5.74, 6) is -1.49. The molecule has 0 saturated heterocycles. The van der Waals surface area contributed by atoms with E-state index in [1.807, 2.05) is 6.92 Å². The number of nitrogens with one attached hydrogen (secondary N) is 1. The molecule has 26 heavy (non-hydrogen) atoms. The lowest BCUT2D eigenvalue weighted by Crippen LogP contribution is -2.22. The summed E-state index contributed by atoms with van der Waals surface area (Å²) in [5.41, 5.74) is 2.06. The fourth-order valence-corrected chi connectivity index (χ4v) is 3.02. The van der Waals surface area contributed by atoms with Crippen molar-refractivity contribution >= 4 is 51.6 Å². The van der Waals surface area contributed by atoms with Crippen molar-refractivity contribution in [2.45, 2.75) is 13.5 Å². The van der Waals surface area contributed by atoms with Crippen LogP contribution >= 0.6 is 23.2 Å². The maximum absolute atomic E-state index is 12.7. The zero-order chi connectivity index (χ0) is 18.8. The van der Waals surface area contributed by atoms with Crippen LogP contribution in [0.1, 0.15) is 17.3 Å². The van der Waals surface area contributed by atoms with E-state index < -0.39 is 11.7 Å². The number of aromatic nitrogens is 3. The number of Topliss-reactive ketones (excluding diaryl/α,β-unsaturated/α-hetero) is 1. The van der Waals surface area contributed by atoms with Crippen LogP contribution < -0.4 is 5.32 Å². The molecule has 6 nitrogen and oxygen atoms in total. The fraction of sp³-hybridized carbons (Fsp3) is 0.111. The van der Waals surface area contributed by atoms with Crippen molar-refractivity contribution < 1.29 is 9.59 Å². The first-order valence-corrected chi connectivity index (χ1v) is 8.38. The van der Waals surface area contributed by atoms with Crippen molar-refractivity contribution in [1.82, 2.24) is 14.5 Å². The minimum atomic E-state index is -0.804. The van der Waals surface area contributed by atoms with Gasteiger partial charge in [-0.25, -0.2) is 9.97 Å². The number of fused-ring (bicyclic) bond motifs is 1. The van der Waals surface area contributed by atoms with Crippen LogP contribution in [0.3, 0.4) is 0 Å². The summed E-state index contributed by atoms with van der Waals surface area (Å²) < 4.78 is 1.79. The summed E-state index contributed by atoms with van der Waals surface area (Å²) in [6.45, 7) is 6.25. The number of allylic oxidation sites excluding steroid dienone is 1. The first-order valence-electron chi connectivity index (χ1n) is 7.62. The van der Waals surface area contributed by atoms with Crippen molar-refractivity contribution in [1.29, 1.82) is 0 Å². The number of amides is 1. The molecule has 3 heterocycles. The third-order valence-electron chi connectivity index (χ3n) is 3.55. The van der Waals surface area contributed by atoms with E-state index >= 15 is 0 Å². The highest BCUT2D eigenvalue weighted by Gasteiger charge is 2.22. The van der Waals surface area contributed by atoms with E-state index in [2.05, 4.69) is 21.9 Å². The Kier molecular flexibility index (Phi) is 5.06. The minimum Gasteiger partial charge on any atom is -0.328 e. The minimum absolute atomic E-state index is 0.113. The summed E-state index contributed by atoms with van der Waals surface area (Å²) in [7, 11) is 0. The molecule has 8 heteroatoms. The molecule has 3 aromatic heterocycles. The lowest BCUT2D eigenvalue weighted by molar-refractivity contribution is -0.112. The Labute approximate surface area is 159 Å². The highest BCUT2D eigenvalue weighted by atomic mass is 35.5. The standard InChI is InChI=1S/C18H14Cl2N4O2/c1-10(2)8-24-9-13(12-4-3-5-21-17(12)24)16(25)18(26)22-11-6-14(19)23-15(20)7-11/h3-7,9H,1,8H2,2H3,(H,22,23,26). The molecular formula is C18H14Cl2N4O2. The summed E-state index contributed by atoms with van der Waals surface area (Å²) in [4.78, 5) is 33.2. The lowest BCUT2D eigenvalue weighted by atomic mass is 10.1. The number of nitrogens with zero attached hydrogens (tertiary/aromatic N) is 3. The van der Waals surface area contributed by atoms with E-state index in [1.54, 1.807) is 29.1 Å². The van der Waals surface area contributed by atoms with Crippen molar-refractivity contribution in [2.75, 3.05) is 5.32 Å². The van der Waals surface area contributed by atoms with E-state index in [4.69, 9.17) is 23.2 Å². The number of halogens is 2. The predicted octanol–water partition coefficient (Wildman–Crippen LogP) is 4.14. The maximum atomic E-state index is 12.7. The SMILES string of the molecule is C=C(C)Cn1cc(C(=O)C(=O)Nc2cc(Cl)nc(Cl)c2)c2cccnc21. The van der Waals surface area contributed by atoms with Gasteiger partial charge in [0.25, 0.3) is 11.7 Å². The number of pyridine rings is 2. The summed E-state index contributed by atoms with van der Waals surface area (Å²) in [6, 6.07) is 6.28. The van der Waals surface area contributed by atoms with Crippen LogP contribution in [0.5, 0.6) is 0 Å². The van der Waals surface area contributed by atoms with Crippen LogP contribution in [0, 0.1) is 0 Å². The van der Waals surface area contributed by atoms with Crippen LogP contribution in [0.25, 0.3) is 11.0 Å². The molecule has 1 amide bonds. The second-order valence-electron chi connectivity index (χ2n) is 5.79. The van der Waals surface area contributed by atoms with E-state index in [9.17, 15) is 9.59 Å². The van der Waals surface area contributed by atoms with Gasteiger partial charge >= 0.3 is 0 Å². The zero-order valence-corrected chi connectivity index (χ0v) is 15.3. The Hall–Kier alpha value is -2.70.